The Morgan fingerprint density at radius 1 is 1.20 bits per heavy atom. The van der Waals surface area contributed by atoms with Crippen LogP contribution in [0.1, 0.15) is 16.1 Å². The molecule has 3 rings (SSSR count). The molecule has 1 N–H and O–H groups in total. The van der Waals surface area contributed by atoms with Crippen LogP contribution in [0.4, 0.5) is 0 Å². The Balaban J connectivity index is 1.64. The van der Waals surface area contributed by atoms with Crippen LogP contribution in [0.3, 0.4) is 0 Å². The van der Waals surface area contributed by atoms with Gasteiger partial charge in [-0.2, -0.15) is 0 Å². The minimum absolute atomic E-state index is 0.0368. The van der Waals surface area contributed by atoms with Gasteiger partial charge in [-0.15, -0.1) is 11.3 Å². The predicted molar refractivity (Wildman–Crippen MR) is 98.6 cm³/mol. The SMILES string of the molecule is COc1ccccc1CNC(=O)Cc1sc(-c2ccccn2)nc1C. The number of benzene rings is 1. The third-order valence-electron chi connectivity index (χ3n) is 3.77. The summed E-state index contributed by atoms with van der Waals surface area (Å²) in [5.41, 5.74) is 2.66. The van der Waals surface area contributed by atoms with Gasteiger partial charge in [0.05, 0.1) is 24.9 Å². The number of carbonyl (C=O) groups is 1. The Morgan fingerprint density at radius 2 is 2.00 bits per heavy atom. The molecule has 128 valence electrons. The first-order valence-electron chi connectivity index (χ1n) is 7.93. The van der Waals surface area contributed by atoms with Gasteiger partial charge >= 0.3 is 0 Å². The molecule has 0 unspecified atom stereocenters. The molecule has 0 saturated carbocycles. The third kappa shape index (κ3) is 4.22. The van der Waals surface area contributed by atoms with Crippen LogP contribution in [0, 0.1) is 6.92 Å². The summed E-state index contributed by atoms with van der Waals surface area (Å²) in [4.78, 5) is 22.1. The molecule has 0 aliphatic heterocycles. The quantitative estimate of drug-likeness (QED) is 0.738. The third-order valence-corrected chi connectivity index (χ3v) is 4.95. The molecule has 0 saturated heterocycles. The molecule has 0 bridgehead atoms. The fraction of sp³-hybridized carbons (Fsp3) is 0.211. The molecule has 0 radical (unpaired) electrons. The molecule has 25 heavy (non-hydrogen) atoms. The van der Waals surface area contributed by atoms with E-state index in [0.717, 1.165) is 32.6 Å². The Labute approximate surface area is 150 Å². The maximum atomic E-state index is 12.3. The lowest BCUT2D eigenvalue weighted by atomic mass is 10.2. The van der Waals surface area contributed by atoms with Gasteiger partial charge in [0.1, 0.15) is 10.8 Å². The molecular formula is C19H19N3O2S. The average molecular weight is 353 g/mol. The Kier molecular flexibility index (Phi) is 5.40. The van der Waals surface area contributed by atoms with Crippen molar-refractivity contribution in [2.75, 3.05) is 7.11 Å². The minimum atomic E-state index is -0.0368. The molecule has 5 nitrogen and oxygen atoms in total. The lowest BCUT2D eigenvalue weighted by Gasteiger charge is -2.09. The summed E-state index contributed by atoms with van der Waals surface area (Å²) < 4.78 is 5.30. The number of nitrogens with zero attached hydrogens (tertiary/aromatic N) is 2. The van der Waals surface area contributed by atoms with Crippen molar-refractivity contribution in [3.05, 3.63) is 64.8 Å². The number of para-hydroxylation sites is 1. The van der Waals surface area contributed by atoms with Gasteiger partial charge < -0.3 is 10.1 Å². The summed E-state index contributed by atoms with van der Waals surface area (Å²) in [6, 6.07) is 13.4. The lowest BCUT2D eigenvalue weighted by molar-refractivity contribution is -0.120. The largest absolute Gasteiger partial charge is 0.496 e. The van der Waals surface area contributed by atoms with E-state index in [1.165, 1.54) is 11.3 Å². The number of hydrogen-bond acceptors (Lipinski definition) is 5. The molecule has 0 aliphatic carbocycles. The number of methoxy groups -OCH3 is 1. The Bertz CT molecular complexity index is 862. The normalized spacial score (nSPS) is 10.5. The highest BCUT2D eigenvalue weighted by atomic mass is 32.1. The number of amides is 1. The Morgan fingerprint density at radius 3 is 2.76 bits per heavy atom. The number of nitrogens with one attached hydrogen (secondary N) is 1. The van der Waals surface area contributed by atoms with E-state index in [1.54, 1.807) is 13.3 Å². The van der Waals surface area contributed by atoms with E-state index in [0.29, 0.717) is 13.0 Å². The zero-order chi connectivity index (χ0) is 17.6. The molecule has 1 aromatic carbocycles. The van der Waals surface area contributed by atoms with Gasteiger partial charge in [0.15, 0.2) is 0 Å². The highest BCUT2D eigenvalue weighted by Crippen LogP contribution is 2.26. The Hall–Kier alpha value is -2.73. The second-order valence-electron chi connectivity index (χ2n) is 5.51. The smallest absolute Gasteiger partial charge is 0.225 e. The minimum Gasteiger partial charge on any atom is -0.496 e. The molecular weight excluding hydrogens is 334 g/mol. The van der Waals surface area contributed by atoms with E-state index in [4.69, 9.17) is 4.74 Å². The summed E-state index contributed by atoms with van der Waals surface area (Å²) in [6.07, 6.45) is 2.05. The van der Waals surface area contributed by atoms with Crippen LogP contribution in [0.25, 0.3) is 10.7 Å². The first-order valence-corrected chi connectivity index (χ1v) is 8.75. The van der Waals surface area contributed by atoms with Crippen LogP contribution >= 0.6 is 11.3 Å². The lowest BCUT2D eigenvalue weighted by Crippen LogP contribution is -2.24. The van der Waals surface area contributed by atoms with Crippen LogP contribution in [-0.2, 0) is 17.8 Å². The van der Waals surface area contributed by atoms with E-state index >= 15 is 0 Å². The van der Waals surface area contributed by atoms with Crippen LogP contribution in [-0.4, -0.2) is 23.0 Å². The van der Waals surface area contributed by atoms with Crippen molar-refractivity contribution in [1.29, 1.82) is 0 Å². The summed E-state index contributed by atoms with van der Waals surface area (Å²) in [7, 11) is 1.63. The number of hydrogen-bond donors (Lipinski definition) is 1. The van der Waals surface area contributed by atoms with Crippen molar-refractivity contribution in [3.8, 4) is 16.5 Å². The van der Waals surface area contributed by atoms with Gasteiger partial charge in [0, 0.05) is 23.2 Å². The molecule has 3 aromatic rings. The summed E-state index contributed by atoms with van der Waals surface area (Å²) in [6.45, 7) is 2.36. The van der Waals surface area contributed by atoms with E-state index in [2.05, 4.69) is 15.3 Å². The predicted octanol–water partition coefficient (Wildman–Crippen LogP) is 3.38. The highest BCUT2D eigenvalue weighted by Gasteiger charge is 2.14. The van der Waals surface area contributed by atoms with Crippen molar-refractivity contribution < 1.29 is 9.53 Å². The molecule has 0 atom stereocenters. The molecule has 6 heteroatoms. The molecule has 0 fully saturated rings. The first-order chi connectivity index (χ1) is 12.2. The maximum absolute atomic E-state index is 12.3. The number of ether oxygens (including phenoxy) is 1. The summed E-state index contributed by atoms with van der Waals surface area (Å²) >= 11 is 1.51. The number of carbonyl (C=O) groups excluding carboxylic acids is 1. The monoisotopic (exact) mass is 353 g/mol. The van der Waals surface area contributed by atoms with Gasteiger partial charge in [-0.05, 0) is 25.1 Å². The van der Waals surface area contributed by atoms with Gasteiger partial charge in [-0.1, -0.05) is 24.3 Å². The molecule has 0 aliphatic rings. The van der Waals surface area contributed by atoms with Crippen molar-refractivity contribution in [2.45, 2.75) is 19.9 Å². The molecule has 2 heterocycles. The maximum Gasteiger partial charge on any atom is 0.225 e. The zero-order valence-corrected chi connectivity index (χ0v) is 15.0. The summed E-state index contributed by atoms with van der Waals surface area (Å²) in [5.74, 6) is 0.736. The number of aromatic nitrogens is 2. The first kappa shape index (κ1) is 17.1. The zero-order valence-electron chi connectivity index (χ0n) is 14.2. The van der Waals surface area contributed by atoms with Crippen molar-refractivity contribution >= 4 is 17.2 Å². The number of aryl methyl sites for hydroxylation is 1. The second-order valence-corrected chi connectivity index (χ2v) is 6.59. The average Bonchev–Trinajstić information content (AvgIpc) is 3.01. The van der Waals surface area contributed by atoms with E-state index in [1.807, 2.05) is 49.4 Å². The van der Waals surface area contributed by atoms with Crippen molar-refractivity contribution in [1.82, 2.24) is 15.3 Å². The molecule has 2 aromatic heterocycles. The molecule has 1 amide bonds. The highest BCUT2D eigenvalue weighted by molar-refractivity contribution is 7.15. The van der Waals surface area contributed by atoms with Crippen LogP contribution in [0.5, 0.6) is 5.75 Å². The number of thiazole rings is 1. The molecule has 0 spiro atoms. The fourth-order valence-corrected chi connectivity index (χ4v) is 3.48. The van der Waals surface area contributed by atoms with Gasteiger partial charge in [-0.25, -0.2) is 4.98 Å². The number of rotatable bonds is 6. The van der Waals surface area contributed by atoms with Crippen LogP contribution in [0.2, 0.25) is 0 Å². The standard InChI is InChI=1S/C19H19N3O2S/c1-13-17(25-19(22-13)15-8-5-6-10-20-15)11-18(23)21-12-14-7-3-4-9-16(14)24-2/h3-10H,11-12H2,1-2H3,(H,21,23). The van der Waals surface area contributed by atoms with E-state index < -0.39 is 0 Å². The van der Waals surface area contributed by atoms with Gasteiger partial charge in [0.25, 0.3) is 0 Å². The van der Waals surface area contributed by atoms with Gasteiger partial charge in [-0.3, -0.25) is 9.78 Å². The fourth-order valence-electron chi connectivity index (χ4n) is 2.44. The van der Waals surface area contributed by atoms with E-state index in [9.17, 15) is 4.79 Å². The van der Waals surface area contributed by atoms with Gasteiger partial charge in [0.2, 0.25) is 5.91 Å². The second kappa shape index (κ2) is 7.90. The number of pyridine rings is 1. The van der Waals surface area contributed by atoms with E-state index in [-0.39, 0.29) is 5.91 Å². The summed E-state index contributed by atoms with van der Waals surface area (Å²) in [5, 5.41) is 3.78. The van der Waals surface area contributed by atoms with Crippen LogP contribution < -0.4 is 10.1 Å². The van der Waals surface area contributed by atoms with Crippen molar-refractivity contribution in [3.63, 3.8) is 0 Å². The van der Waals surface area contributed by atoms with Crippen LogP contribution in [0.15, 0.2) is 48.7 Å². The van der Waals surface area contributed by atoms with Crippen molar-refractivity contribution in [2.24, 2.45) is 0 Å². The topological polar surface area (TPSA) is 64.1 Å².